The van der Waals surface area contributed by atoms with Crippen LogP contribution in [0.3, 0.4) is 0 Å². The standard InChI is InChI=1S/C18H34N2S/c1-2-3-4-5-6-7-8-9-10-11-18(20-19)13-12-17-14-15-21-16-17/h14-16,18,20H,2-13,19H2,1H3. The molecule has 1 aromatic heterocycles. The normalized spacial score (nSPS) is 12.7. The summed E-state index contributed by atoms with van der Waals surface area (Å²) in [5.74, 6) is 5.67. The molecular formula is C18H34N2S. The second kappa shape index (κ2) is 13.3. The number of hydrogen-bond donors (Lipinski definition) is 2. The van der Waals surface area contributed by atoms with E-state index in [1.807, 2.05) is 0 Å². The highest BCUT2D eigenvalue weighted by Crippen LogP contribution is 2.14. The number of aryl methyl sites for hydroxylation is 1. The van der Waals surface area contributed by atoms with Gasteiger partial charge in [-0.25, -0.2) is 0 Å². The molecule has 122 valence electrons. The number of nitrogens with two attached hydrogens (primary N) is 1. The fourth-order valence-electron chi connectivity index (χ4n) is 2.79. The van der Waals surface area contributed by atoms with Crippen molar-refractivity contribution in [2.75, 3.05) is 0 Å². The molecule has 0 bridgehead atoms. The Balaban J connectivity index is 1.92. The molecule has 0 spiro atoms. The Bertz CT molecular complexity index is 311. The molecule has 0 aliphatic heterocycles. The summed E-state index contributed by atoms with van der Waals surface area (Å²) in [5, 5.41) is 4.40. The Hall–Kier alpha value is -0.380. The smallest absolute Gasteiger partial charge is 0.0213 e. The van der Waals surface area contributed by atoms with Crippen molar-refractivity contribution < 1.29 is 0 Å². The Kier molecular flexibility index (Phi) is 11.8. The third-order valence-corrected chi connectivity index (χ3v) is 4.99. The number of hydrazine groups is 1. The van der Waals surface area contributed by atoms with Gasteiger partial charge >= 0.3 is 0 Å². The van der Waals surface area contributed by atoms with Crippen LogP contribution >= 0.6 is 11.3 Å². The first-order valence-electron chi connectivity index (χ1n) is 8.84. The molecule has 1 heterocycles. The predicted molar refractivity (Wildman–Crippen MR) is 95.6 cm³/mol. The second-order valence-corrected chi connectivity index (χ2v) is 6.93. The van der Waals surface area contributed by atoms with Crippen LogP contribution in [0.4, 0.5) is 0 Å². The first kappa shape index (κ1) is 18.7. The molecule has 0 fully saturated rings. The first-order valence-corrected chi connectivity index (χ1v) is 9.78. The number of unbranched alkanes of at least 4 members (excludes halogenated alkanes) is 8. The number of rotatable bonds is 14. The average molecular weight is 311 g/mol. The minimum Gasteiger partial charge on any atom is -0.271 e. The van der Waals surface area contributed by atoms with Crippen molar-refractivity contribution in [3.8, 4) is 0 Å². The van der Waals surface area contributed by atoms with Crippen LogP contribution in [0.25, 0.3) is 0 Å². The van der Waals surface area contributed by atoms with Crippen molar-refractivity contribution in [3.63, 3.8) is 0 Å². The molecule has 1 aromatic rings. The Morgan fingerprint density at radius 2 is 1.67 bits per heavy atom. The Morgan fingerprint density at radius 1 is 1.00 bits per heavy atom. The van der Waals surface area contributed by atoms with Crippen LogP contribution < -0.4 is 11.3 Å². The molecule has 1 rings (SSSR count). The molecule has 0 aliphatic carbocycles. The summed E-state index contributed by atoms with van der Waals surface area (Å²) in [6.45, 7) is 2.28. The van der Waals surface area contributed by atoms with Gasteiger partial charge in [0.2, 0.25) is 0 Å². The zero-order valence-electron chi connectivity index (χ0n) is 13.8. The monoisotopic (exact) mass is 310 g/mol. The van der Waals surface area contributed by atoms with Gasteiger partial charge in [0.25, 0.3) is 0 Å². The maximum Gasteiger partial charge on any atom is 0.0213 e. The molecular weight excluding hydrogens is 276 g/mol. The highest BCUT2D eigenvalue weighted by Gasteiger charge is 2.06. The van der Waals surface area contributed by atoms with Crippen molar-refractivity contribution in [3.05, 3.63) is 22.4 Å². The van der Waals surface area contributed by atoms with E-state index in [4.69, 9.17) is 5.84 Å². The van der Waals surface area contributed by atoms with Crippen molar-refractivity contribution in [2.24, 2.45) is 5.84 Å². The van der Waals surface area contributed by atoms with Gasteiger partial charge in [-0.05, 0) is 41.7 Å². The zero-order chi connectivity index (χ0) is 15.2. The lowest BCUT2D eigenvalue weighted by Crippen LogP contribution is -2.35. The molecule has 0 radical (unpaired) electrons. The molecule has 1 unspecified atom stereocenters. The Morgan fingerprint density at radius 3 is 2.24 bits per heavy atom. The van der Waals surface area contributed by atoms with Gasteiger partial charge in [0, 0.05) is 6.04 Å². The van der Waals surface area contributed by atoms with E-state index in [1.54, 1.807) is 11.3 Å². The summed E-state index contributed by atoms with van der Waals surface area (Å²) >= 11 is 1.78. The fraction of sp³-hybridized carbons (Fsp3) is 0.778. The lowest BCUT2D eigenvalue weighted by atomic mass is 10.0. The Labute approximate surface area is 135 Å². The minimum atomic E-state index is 0.481. The first-order chi connectivity index (χ1) is 10.4. The molecule has 0 aliphatic rings. The highest BCUT2D eigenvalue weighted by atomic mass is 32.1. The van der Waals surface area contributed by atoms with Gasteiger partial charge in [-0.1, -0.05) is 64.7 Å². The molecule has 0 aromatic carbocycles. The average Bonchev–Trinajstić information content (AvgIpc) is 3.02. The third kappa shape index (κ3) is 10.0. The topological polar surface area (TPSA) is 38.0 Å². The minimum absolute atomic E-state index is 0.481. The van der Waals surface area contributed by atoms with Gasteiger partial charge in [0.1, 0.15) is 0 Å². The van der Waals surface area contributed by atoms with Crippen LogP contribution in [0.15, 0.2) is 16.8 Å². The summed E-state index contributed by atoms with van der Waals surface area (Å²) in [5.41, 5.74) is 4.44. The van der Waals surface area contributed by atoms with Crippen LogP contribution in [0, 0.1) is 0 Å². The summed E-state index contributed by atoms with van der Waals surface area (Å²) in [6.07, 6.45) is 16.1. The van der Waals surface area contributed by atoms with Gasteiger partial charge in [-0.3, -0.25) is 11.3 Å². The molecule has 0 saturated carbocycles. The summed E-state index contributed by atoms with van der Waals surface area (Å²) in [6, 6.07) is 2.70. The van der Waals surface area contributed by atoms with E-state index in [2.05, 4.69) is 29.2 Å². The maximum absolute atomic E-state index is 5.67. The van der Waals surface area contributed by atoms with Crippen LogP contribution in [0.2, 0.25) is 0 Å². The molecule has 2 nitrogen and oxygen atoms in total. The van der Waals surface area contributed by atoms with Crippen LogP contribution in [-0.4, -0.2) is 6.04 Å². The second-order valence-electron chi connectivity index (χ2n) is 6.15. The highest BCUT2D eigenvalue weighted by molar-refractivity contribution is 7.07. The van der Waals surface area contributed by atoms with E-state index < -0.39 is 0 Å². The van der Waals surface area contributed by atoms with E-state index >= 15 is 0 Å². The number of nitrogens with one attached hydrogen (secondary N) is 1. The summed E-state index contributed by atoms with van der Waals surface area (Å²) in [7, 11) is 0. The third-order valence-electron chi connectivity index (χ3n) is 4.25. The molecule has 3 N–H and O–H groups in total. The van der Waals surface area contributed by atoms with Crippen molar-refractivity contribution in [1.82, 2.24) is 5.43 Å². The summed E-state index contributed by atoms with van der Waals surface area (Å²) < 4.78 is 0. The van der Waals surface area contributed by atoms with Gasteiger partial charge < -0.3 is 0 Å². The lowest BCUT2D eigenvalue weighted by molar-refractivity contribution is 0.437. The molecule has 0 saturated heterocycles. The van der Waals surface area contributed by atoms with E-state index in [0.717, 1.165) is 12.8 Å². The molecule has 3 heteroatoms. The van der Waals surface area contributed by atoms with E-state index in [-0.39, 0.29) is 0 Å². The van der Waals surface area contributed by atoms with Gasteiger partial charge in [-0.2, -0.15) is 11.3 Å². The van der Waals surface area contributed by atoms with E-state index in [0.29, 0.717) is 6.04 Å². The van der Waals surface area contributed by atoms with Crippen molar-refractivity contribution in [1.29, 1.82) is 0 Å². The van der Waals surface area contributed by atoms with E-state index in [1.165, 1.54) is 69.8 Å². The van der Waals surface area contributed by atoms with Crippen molar-refractivity contribution >= 4 is 11.3 Å². The fourth-order valence-corrected chi connectivity index (χ4v) is 3.49. The predicted octanol–water partition coefficient (Wildman–Crippen LogP) is 5.43. The lowest BCUT2D eigenvalue weighted by Gasteiger charge is -2.15. The van der Waals surface area contributed by atoms with Crippen LogP contribution in [0.5, 0.6) is 0 Å². The number of hydrogen-bond acceptors (Lipinski definition) is 3. The van der Waals surface area contributed by atoms with Gasteiger partial charge in [-0.15, -0.1) is 0 Å². The quantitative estimate of drug-likeness (QED) is 0.273. The van der Waals surface area contributed by atoms with Crippen LogP contribution in [0.1, 0.15) is 83.1 Å². The van der Waals surface area contributed by atoms with Gasteiger partial charge in [0.05, 0.1) is 0 Å². The molecule has 21 heavy (non-hydrogen) atoms. The summed E-state index contributed by atoms with van der Waals surface area (Å²) in [4.78, 5) is 0. The van der Waals surface area contributed by atoms with Gasteiger partial charge in [0.15, 0.2) is 0 Å². The maximum atomic E-state index is 5.67. The largest absolute Gasteiger partial charge is 0.271 e. The van der Waals surface area contributed by atoms with Crippen molar-refractivity contribution in [2.45, 2.75) is 90.0 Å². The zero-order valence-corrected chi connectivity index (χ0v) is 14.6. The number of thiophene rings is 1. The van der Waals surface area contributed by atoms with Crippen LogP contribution in [-0.2, 0) is 6.42 Å². The SMILES string of the molecule is CCCCCCCCCCCC(CCc1ccsc1)NN. The van der Waals surface area contributed by atoms with E-state index in [9.17, 15) is 0 Å². The molecule has 1 atom stereocenters. The molecule has 0 amide bonds.